The predicted octanol–water partition coefficient (Wildman–Crippen LogP) is 3.75. The lowest BCUT2D eigenvalue weighted by atomic mass is 9.93. The number of hydrogen-bond donors (Lipinski definition) is 1. The summed E-state index contributed by atoms with van der Waals surface area (Å²) in [7, 11) is 0. The Hall–Kier alpha value is -2.25. The maximum Gasteiger partial charge on any atom is 0.269 e. The van der Waals surface area contributed by atoms with Crippen LogP contribution < -0.4 is 5.32 Å². The minimum absolute atomic E-state index is 0.0194. The van der Waals surface area contributed by atoms with Gasteiger partial charge in [0.25, 0.3) is 11.6 Å². The third-order valence-electron chi connectivity index (χ3n) is 5.97. The van der Waals surface area contributed by atoms with Gasteiger partial charge in [0.05, 0.1) is 4.92 Å². The van der Waals surface area contributed by atoms with Crippen molar-refractivity contribution >= 4 is 22.9 Å². The Balaban J connectivity index is 1.62. The summed E-state index contributed by atoms with van der Waals surface area (Å²) in [6, 6.07) is 6.83. The van der Waals surface area contributed by atoms with Crippen LogP contribution in [-0.2, 0) is 6.54 Å². The van der Waals surface area contributed by atoms with Crippen LogP contribution in [0.1, 0.15) is 40.7 Å². The van der Waals surface area contributed by atoms with Crippen molar-refractivity contribution < 1.29 is 9.72 Å². The van der Waals surface area contributed by atoms with Crippen LogP contribution in [0, 0.1) is 22.5 Å². The highest BCUT2D eigenvalue weighted by Gasteiger charge is 2.57. The molecule has 0 radical (unpaired) electrons. The molecule has 2 aromatic rings. The van der Waals surface area contributed by atoms with Gasteiger partial charge in [-0.05, 0) is 78.7 Å². The molecule has 2 heterocycles. The average molecular weight is 385 g/mol. The van der Waals surface area contributed by atoms with Gasteiger partial charge < -0.3 is 10.2 Å². The number of hydrogen-bond acceptors (Lipinski definition) is 5. The minimum atomic E-state index is -0.421. The van der Waals surface area contributed by atoms with E-state index in [4.69, 9.17) is 0 Å². The van der Waals surface area contributed by atoms with E-state index in [9.17, 15) is 14.9 Å². The number of carbonyl (C=O) groups excluding carboxylic acids is 1. The van der Waals surface area contributed by atoms with Gasteiger partial charge in [0.1, 0.15) is 0 Å². The molecule has 1 aromatic carbocycles. The summed E-state index contributed by atoms with van der Waals surface area (Å²) in [6.07, 6.45) is 3.26. The summed E-state index contributed by atoms with van der Waals surface area (Å²) in [6.45, 7) is 4.38. The standard InChI is InChI=1S/C20H23N3O3S/c1-14-10-16(23(25)26)2-3-17(14)19(24)22(12-15-4-9-27-13-15)18-11-20(18)5-7-21-8-6-20/h2-4,9-10,13,18,21H,5-8,11-12H2,1H3. The lowest BCUT2D eigenvalue weighted by Gasteiger charge is -2.30. The van der Waals surface area contributed by atoms with Crippen molar-refractivity contribution in [2.75, 3.05) is 13.1 Å². The van der Waals surface area contributed by atoms with Gasteiger partial charge in [-0.3, -0.25) is 14.9 Å². The van der Waals surface area contributed by atoms with Crippen molar-refractivity contribution in [3.8, 4) is 0 Å². The van der Waals surface area contributed by atoms with E-state index in [1.807, 2.05) is 10.3 Å². The van der Waals surface area contributed by atoms with E-state index in [1.54, 1.807) is 24.3 Å². The second-order valence-electron chi connectivity index (χ2n) is 7.65. The third kappa shape index (κ3) is 3.49. The molecule has 1 aliphatic carbocycles. The Kier molecular flexibility index (Phi) is 4.74. The van der Waals surface area contributed by atoms with Gasteiger partial charge in [-0.25, -0.2) is 0 Å². The van der Waals surface area contributed by atoms with E-state index >= 15 is 0 Å². The average Bonchev–Trinajstić information content (AvgIpc) is 3.09. The van der Waals surface area contributed by atoms with Crippen LogP contribution in [0.2, 0.25) is 0 Å². The van der Waals surface area contributed by atoms with Crippen LogP contribution >= 0.6 is 11.3 Å². The molecule has 0 bridgehead atoms. The zero-order chi connectivity index (χ0) is 19.0. The topological polar surface area (TPSA) is 75.5 Å². The lowest BCUT2D eigenvalue weighted by Crippen LogP contribution is -2.39. The number of thiophene rings is 1. The molecule has 6 nitrogen and oxygen atoms in total. The Morgan fingerprint density at radius 2 is 2.15 bits per heavy atom. The molecule has 2 aliphatic rings. The first-order valence-electron chi connectivity index (χ1n) is 9.28. The van der Waals surface area contributed by atoms with Gasteiger partial charge in [-0.15, -0.1) is 0 Å². The lowest BCUT2D eigenvalue weighted by molar-refractivity contribution is -0.384. The third-order valence-corrected chi connectivity index (χ3v) is 6.70. The number of nitrogens with zero attached hydrogens (tertiary/aromatic N) is 2. The fourth-order valence-corrected chi connectivity index (χ4v) is 4.95. The summed E-state index contributed by atoms with van der Waals surface area (Å²) in [5, 5.41) is 18.5. The molecule has 1 unspecified atom stereocenters. The van der Waals surface area contributed by atoms with Crippen molar-refractivity contribution in [1.82, 2.24) is 10.2 Å². The number of rotatable bonds is 5. The first-order valence-corrected chi connectivity index (χ1v) is 10.2. The zero-order valence-corrected chi connectivity index (χ0v) is 16.1. The van der Waals surface area contributed by atoms with Gasteiger partial charge in [-0.1, -0.05) is 0 Å². The molecular formula is C20H23N3O3S. The Bertz CT molecular complexity index is 859. The maximum atomic E-state index is 13.4. The van der Waals surface area contributed by atoms with Gasteiger partial charge in [0.2, 0.25) is 0 Å². The summed E-state index contributed by atoms with van der Waals surface area (Å²) in [5.41, 5.74) is 2.63. The molecule has 1 N–H and O–H groups in total. The number of amides is 1. The molecule has 1 atom stereocenters. The van der Waals surface area contributed by atoms with E-state index in [2.05, 4.69) is 16.8 Å². The van der Waals surface area contributed by atoms with Gasteiger partial charge in [0.15, 0.2) is 0 Å². The number of non-ortho nitro benzene ring substituents is 1. The van der Waals surface area contributed by atoms with Crippen LogP contribution in [0.15, 0.2) is 35.0 Å². The summed E-state index contributed by atoms with van der Waals surface area (Å²) in [4.78, 5) is 26.0. The van der Waals surface area contributed by atoms with Gasteiger partial charge in [-0.2, -0.15) is 11.3 Å². The van der Waals surface area contributed by atoms with E-state index in [1.165, 1.54) is 12.1 Å². The summed E-state index contributed by atoms with van der Waals surface area (Å²) in [5.74, 6) is -0.0194. The number of benzene rings is 1. The predicted molar refractivity (Wildman–Crippen MR) is 105 cm³/mol. The largest absolute Gasteiger partial charge is 0.331 e. The van der Waals surface area contributed by atoms with Crippen molar-refractivity contribution in [2.24, 2.45) is 5.41 Å². The van der Waals surface area contributed by atoms with Crippen LogP contribution in [0.4, 0.5) is 5.69 Å². The highest BCUT2D eigenvalue weighted by molar-refractivity contribution is 7.07. The van der Waals surface area contributed by atoms with E-state index in [-0.39, 0.29) is 23.1 Å². The minimum Gasteiger partial charge on any atom is -0.331 e. The van der Waals surface area contributed by atoms with Gasteiger partial charge in [0, 0.05) is 30.3 Å². The fraction of sp³-hybridized carbons (Fsp3) is 0.450. The monoisotopic (exact) mass is 385 g/mol. The first-order chi connectivity index (χ1) is 13.0. The number of nitro groups is 1. The second-order valence-corrected chi connectivity index (χ2v) is 8.43. The maximum absolute atomic E-state index is 13.4. The Labute approximate surface area is 162 Å². The van der Waals surface area contributed by atoms with Crippen molar-refractivity contribution in [1.29, 1.82) is 0 Å². The van der Waals surface area contributed by atoms with E-state index in [0.717, 1.165) is 37.9 Å². The number of aryl methyl sites for hydroxylation is 1. The molecule has 1 saturated heterocycles. The van der Waals surface area contributed by atoms with Crippen molar-refractivity contribution in [2.45, 2.75) is 38.8 Å². The first kappa shape index (κ1) is 18.1. The number of nitrogens with one attached hydrogen (secondary N) is 1. The molecule has 1 saturated carbocycles. The van der Waals surface area contributed by atoms with Crippen molar-refractivity contribution in [3.63, 3.8) is 0 Å². The SMILES string of the molecule is Cc1cc([N+](=O)[O-])ccc1C(=O)N(Cc1ccsc1)C1CC12CCNCC2. The second kappa shape index (κ2) is 7.05. The molecule has 1 spiro atoms. The molecular weight excluding hydrogens is 362 g/mol. The van der Waals surface area contributed by atoms with Gasteiger partial charge >= 0.3 is 0 Å². The molecule has 142 valence electrons. The fourth-order valence-electron chi connectivity index (χ4n) is 4.29. The zero-order valence-electron chi connectivity index (χ0n) is 15.3. The quantitative estimate of drug-likeness (QED) is 0.628. The molecule has 27 heavy (non-hydrogen) atoms. The molecule has 1 aliphatic heterocycles. The normalized spacial score (nSPS) is 20.4. The smallest absolute Gasteiger partial charge is 0.269 e. The van der Waals surface area contributed by atoms with Crippen molar-refractivity contribution in [3.05, 3.63) is 61.8 Å². The Morgan fingerprint density at radius 3 is 2.78 bits per heavy atom. The van der Waals surface area contributed by atoms with Crippen LogP contribution in [0.25, 0.3) is 0 Å². The molecule has 1 amide bonds. The number of nitro benzene ring substituents is 1. The molecule has 4 rings (SSSR count). The van der Waals surface area contributed by atoms with Crippen LogP contribution in [0.5, 0.6) is 0 Å². The highest BCUT2D eigenvalue weighted by atomic mass is 32.1. The van der Waals surface area contributed by atoms with E-state index in [0.29, 0.717) is 17.7 Å². The van der Waals surface area contributed by atoms with E-state index < -0.39 is 4.92 Å². The summed E-state index contributed by atoms with van der Waals surface area (Å²) >= 11 is 1.63. The summed E-state index contributed by atoms with van der Waals surface area (Å²) < 4.78 is 0. The molecule has 2 fully saturated rings. The number of piperidine rings is 1. The van der Waals surface area contributed by atoms with Crippen LogP contribution in [0.3, 0.4) is 0 Å². The molecule has 7 heteroatoms. The number of carbonyl (C=O) groups is 1. The Morgan fingerprint density at radius 1 is 1.37 bits per heavy atom. The highest BCUT2D eigenvalue weighted by Crippen LogP contribution is 2.56. The van der Waals surface area contributed by atoms with Crippen LogP contribution in [-0.4, -0.2) is 34.9 Å². The molecule has 1 aromatic heterocycles.